The molecule has 1 aromatic carbocycles. The van der Waals surface area contributed by atoms with Crippen molar-refractivity contribution in [2.75, 3.05) is 6.54 Å². The van der Waals surface area contributed by atoms with E-state index in [0.29, 0.717) is 28.3 Å². The molecule has 7 nitrogen and oxygen atoms in total. The number of nitrogens with one attached hydrogen (secondary N) is 2. The summed E-state index contributed by atoms with van der Waals surface area (Å²) in [5.74, 6) is 0. The van der Waals surface area contributed by atoms with Crippen LogP contribution in [0.3, 0.4) is 0 Å². The maximum absolute atomic E-state index is 11.6. The number of rotatable bonds is 6. The van der Waals surface area contributed by atoms with Gasteiger partial charge in [-0.05, 0) is 38.8 Å². The van der Waals surface area contributed by atoms with Crippen LogP contribution in [0.2, 0.25) is 0 Å². The van der Waals surface area contributed by atoms with E-state index in [1.165, 1.54) is 0 Å². The zero-order valence-corrected chi connectivity index (χ0v) is 14.6. The SMILES string of the molecule is CC(C)(C)OC(=O)NCCC(O)C(O)c1cccc2[nH]cc(C=O)c12. The van der Waals surface area contributed by atoms with Crippen LogP contribution in [0.25, 0.3) is 10.9 Å². The van der Waals surface area contributed by atoms with Crippen molar-refractivity contribution < 1.29 is 24.5 Å². The normalized spacial score (nSPS) is 14.1. The topological polar surface area (TPSA) is 112 Å². The van der Waals surface area contributed by atoms with Crippen LogP contribution in [-0.2, 0) is 4.74 Å². The highest BCUT2D eigenvalue weighted by Crippen LogP contribution is 2.29. The van der Waals surface area contributed by atoms with Crippen molar-refractivity contribution in [3.05, 3.63) is 35.5 Å². The number of aromatic amines is 1. The Hall–Kier alpha value is -2.38. The van der Waals surface area contributed by atoms with Gasteiger partial charge >= 0.3 is 6.09 Å². The van der Waals surface area contributed by atoms with E-state index < -0.39 is 23.9 Å². The van der Waals surface area contributed by atoms with Gasteiger partial charge in [0.1, 0.15) is 11.7 Å². The van der Waals surface area contributed by atoms with Crippen molar-refractivity contribution in [3.63, 3.8) is 0 Å². The summed E-state index contributed by atoms with van der Waals surface area (Å²) >= 11 is 0. The minimum atomic E-state index is -1.18. The van der Waals surface area contributed by atoms with Crippen molar-refractivity contribution in [3.8, 4) is 0 Å². The van der Waals surface area contributed by atoms with E-state index in [9.17, 15) is 19.8 Å². The summed E-state index contributed by atoms with van der Waals surface area (Å²) in [4.78, 5) is 25.7. The third-order valence-corrected chi connectivity index (χ3v) is 3.69. The van der Waals surface area contributed by atoms with Gasteiger partial charge in [-0.3, -0.25) is 4.79 Å². The van der Waals surface area contributed by atoms with E-state index in [1.54, 1.807) is 45.2 Å². The number of H-pyrrole nitrogens is 1. The lowest BCUT2D eigenvalue weighted by atomic mass is 9.97. The Morgan fingerprint density at radius 1 is 1.36 bits per heavy atom. The molecule has 0 aliphatic rings. The Balaban J connectivity index is 2.01. The molecule has 0 saturated carbocycles. The molecule has 1 aromatic heterocycles. The summed E-state index contributed by atoms with van der Waals surface area (Å²) in [5, 5.41) is 23.8. The maximum Gasteiger partial charge on any atom is 0.407 e. The van der Waals surface area contributed by atoms with Gasteiger partial charge in [-0.2, -0.15) is 0 Å². The molecule has 2 aromatic rings. The summed E-state index contributed by atoms with van der Waals surface area (Å²) in [6, 6.07) is 5.19. The van der Waals surface area contributed by atoms with Crippen LogP contribution in [0.1, 0.15) is 49.2 Å². The number of aliphatic hydroxyl groups is 2. The second-order valence-corrected chi connectivity index (χ2v) is 6.86. The molecule has 2 atom stereocenters. The standard InChI is InChI=1S/C18H24N2O5/c1-18(2,3)25-17(24)19-8-7-14(22)16(23)12-5-4-6-13-15(12)11(10-21)9-20-13/h4-6,9-10,14,16,20,22-23H,7-8H2,1-3H3,(H,19,24). The Bertz CT molecular complexity index is 747. The van der Waals surface area contributed by atoms with Crippen molar-refractivity contribution in [2.24, 2.45) is 0 Å². The highest BCUT2D eigenvalue weighted by Gasteiger charge is 2.23. The Morgan fingerprint density at radius 3 is 2.72 bits per heavy atom. The third-order valence-electron chi connectivity index (χ3n) is 3.69. The number of aromatic nitrogens is 1. The van der Waals surface area contributed by atoms with Crippen LogP contribution >= 0.6 is 0 Å². The highest BCUT2D eigenvalue weighted by molar-refractivity contribution is 5.99. The summed E-state index contributed by atoms with van der Waals surface area (Å²) in [6.45, 7) is 5.42. The van der Waals surface area contributed by atoms with E-state index >= 15 is 0 Å². The van der Waals surface area contributed by atoms with Crippen LogP contribution in [-0.4, -0.2) is 45.8 Å². The smallest absolute Gasteiger partial charge is 0.407 e. The molecule has 0 aliphatic heterocycles. The summed E-state index contributed by atoms with van der Waals surface area (Å²) < 4.78 is 5.10. The first-order chi connectivity index (χ1) is 11.7. The second-order valence-electron chi connectivity index (χ2n) is 6.86. The van der Waals surface area contributed by atoms with E-state index in [-0.39, 0.29) is 13.0 Å². The van der Waals surface area contributed by atoms with Gasteiger partial charge in [-0.25, -0.2) is 4.79 Å². The van der Waals surface area contributed by atoms with E-state index in [4.69, 9.17) is 4.74 Å². The number of fused-ring (bicyclic) bond motifs is 1. The molecule has 2 unspecified atom stereocenters. The van der Waals surface area contributed by atoms with Gasteiger partial charge in [-0.15, -0.1) is 0 Å². The van der Waals surface area contributed by atoms with Gasteiger partial charge < -0.3 is 25.3 Å². The number of carbonyl (C=O) groups is 2. The molecule has 4 N–H and O–H groups in total. The first-order valence-electron chi connectivity index (χ1n) is 8.11. The van der Waals surface area contributed by atoms with Crippen LogP contribution < -0.4 is 5.32 Å². The molecule has 0 aliphatic carbocycles. The molecule has 136 valence electrons. The molecule has 2 rings (SSSR count). The zero-order valence-electron chi connectivity index (χ0n) is 14.6. The molecule has 0 saturated heterocycles. The molecule has 1 amide bonds. The number of alkyl carbamates (subject to hydrolysis) is 1. The average Bonchev–Trinajstić information content (AvgIpc) is 2.95. The molecule has 0 radical (unpaired) electrons. The number of aldehydes is 1. The summed E-state index contributed by atoms with van der Waals surface area (Å²) in [5.41, 5.74) is 0.990. The van der Waals surface area contributed by atoms with E-state index in [2.05, 4.69) is 10.3 Å². The number of benzene rings is 1. The number of hydrogen-bond acceptors (Lipinski definition) is 5. The van der Waals surface area contributed by atoms with Crippen LogP contribution in [0.4, 0.5) is 4.79 Å². The molecule has 7 heteroatoms. The molecule has 0 spiro atoms. The zero-order chi connectivity index (χ0) is 18.6. The van der Waals surface area contributed by atoms with Gasteiger partial charge in [0.15, 0.2) is 6.29 Å². The van der Waals surface area contributed by atoms with Crippen molar-refractivity contribution in [1.82, 2.24) is 10.3 Å². The number of amides is 1. The van der Waals surface area contributed by atoms with Gasteiger partial charge in [0.25, 0.3) is 0 Å². The van der Waals surface area contributed by atoms with Crippen LogP contribution in [0.5, 0.6) is 0 Å². The highest BCUT2D eigenvalue weighted by atomic mass is 16.6. The molecule has 25 heavy (non-hydrogen) atoms. The molecule has 0 bridgehead atoms. The van der Waals surface area contributed by atoms with Gasteiger partial charge in [0.2, 0.25) is 0 Å². The van der Waals surface area contributed by atoms with Crippen LogP contribution in [0, 0.1) is 0 Å². The largest absolute Gasteiger partial charge is 0.444 e. The van der Waals surface area contributed by atoms with Crippen molar-refractivity contribution >= 4 is 23.3 Å². The number of hydrogen-bond donors (Lipinski definition) is 4. The predicted molar refractivity (Wildman–Crippen MR) is 93.5 cm³/mol. The number of aliphatic hydroxyl groups excluding tert-OH is 2. The predicted octanol–water partition coefficient (Wildman–Crippen LogP) is 2.29. The fourth-order valence-corrected chi connectivity index (χ4v) is 2.58. The quantitative estimate of drug-likeness (QED) is 0.599. The number of ether oxygens (including phenoxy) is 1. The lowest BCUT2D eigenvalue weighted by Crippen LogP contribution is -2.34. The second kappa shape index (κ2) is 7.67. The molecule has 0 fully saturated rings. The Labute approximate surface area is 146 Å². The van der Waals surface area contributed by atoms with Gasteiger partial charge in [0.05, 0.1) is 6.10 Å². The lowest BCUT2D eigenvalue weighted by molar-refractivity contribution is 0.0131. The maximum atomic E-state index is 11.6. The van der Waals surface area contributed by atoms with E-state index in [1.807, 2.05) is 0 Å². The summed E-state index contributed by atoms with van der Waals surface area (Å²) in [6.07, 6.45) is -0.466. The first kappa shape index (κ1) is 19.0. The van der Waals surface area contributed by atoms with Gasteiger partial charge in [0, 0.05) is 29.2 Å². The first-order valence-corrected chi connectivity index (χ1v) is 8.11. The molecule has 1 heterocycles. The molecular weight excluding hydrogens is 324 g/mol. The fraction of sp³-hybridized carbons (Fsp3) is 0.444. The van der Waals surface area contributed by atoms with Crippen molar-refractivity contribution in [2.45, 2.75) is 45.0 Å². The van der Waals surface area contributed by atoms with E-state index in [0.717, 1.165) is 0 Å². The molecular formula is C18H24N2O5. The third kappa shape index (κ3) is 4.80. The lowest BCUT2D eigenvalue weighted by Gasteiger charge is -2.21. The fourth-order valence-electron chi connectivity index (χ4n) is 2.58. The minimum absolute atomic E-state index is 0.137. The van der Waals surface area contributed by atoms with Gasteiger partial charge in [-0.1, -0.05) is 12.1 Å². The summed E-state index contributed by atoms with van der Waals surface area (Å²) in [7, 11) is 0. The monoisotopic (exact) mass is 348 g/mol. The number of carbonyl (C=O) groups excluding carboxylic acids is 2. The average molecular weight is 348 g/mol. The van der Waals surface area contributed by atoms with Crippen LogP contribution in [0.15, 0.2) is 24.4 Å². The van der Waals surface area contributed by atoms with Crippen molar-refractivity contribution in [1.29, 1.82) is 0 Å². The minimum Gasteiger partial charge on any atom is -0.444 e. The Morgan fingerprint density at radius 2 is 2.08 bits per heavy atom. The Kier molecular flexibility index (Phi) is 5.81.